The predicted molar refractivity (Wildman–Crippen MR) is 91.4 cm³/mol. The lowest BCUT2D eigenvalue weighted by atomic mass is 10.0. The Morgan fingerprint density at radius 2 is 1.36 bits per heavy atom. The minimum atomic E-state index is 0.716. The standard InChI is InChI=1S/C18H36N2O2/c1-2-3-4-5-6-7-8-18(20-11-15-22-16-12-20)17-19-9-13-21-14-10-19/h18H,2-17H2,1H3. The first-order valence-corrected chi connectivity index (χ1v) is 9.52. The van der Waals surface area contributed by atoms with Crippen molar-refractivity contribution in [1.82, 2.24) is 9.80 Å². The molecule has 22 heavy (non-hydrogen) atoms. The van der Waals surface area contributed by atoms with E-state index in [0.29, 0.717) is 6.04 Å². The number of rotatable bonds is 10. The highest BCUT2D eigenvalue weighted by Crippen LogP contribution is 2.16. The Morgan fingerprint density at radius 1 is 0.773 bits per heavy atom. The van der Waals surface area contributed by atoms with Crippen LogP contribution in [-0.4, -0.2) is 75.0 Å². The van der Waals surface area contributed by atoms with Gasteiger partial charge in [0.05, 0.1) is 26.4 Å². The highest BCUT2D eigenvalue weighted by Gasteiger charge is 2.23. The van der Waals surface area contributed by atoms with Gasteiger partial charge in [-0.15, -0.1) is 0 Å². The molecule has 130 valence electrons. The fraction of sp³-hybridized carbons (Fsp3) is 1.00. The van der Waals surface area contributed by atoms with Crippen LogP contribution in [0.15, 0.2) is 0 Å². The molecule has 1 atom stereocenters. The molecule has 0 amide bonds. The lowest BCUT2D eigenvalue weighted by Crippen LogP contribution is -2.50. The summed E-state index contributed by atoms with van der Waals surface area (Å²) in [5, 5.41) is 0. The van der Waals surface area contributed by atoms with Gasteiger partial charge in [-0.05, 0) is 6.42 Å². The summed E-state index contributed by atoms with van der Waals surface area (Å²) >= 11 is 0. The van der Waals surface area contributed by atoms with Gasteiger partial charge in [0.1, 0.15) is 0 Å². The zero-order chi connectivity index (χ0) is 15.5. The number of hydrogen-bond acceptors (Lipinski definition) is 4. The first kappa shape index (κ1) is 18.2. The van der Waals surface area contributed by atoms with Gasteiger partial charge in [-0.1, -0.05) is 45.4 Å². The van der Waals surface area contributed by atoms with E-state index in [1.54, 1.807) is 0 Å². The maximum atomic E-state index is 5.53. The van der Waals surface area contributed by atoms with Gasteiger partial charge < -0.3 is 9.47 Å². The van der Waals surface area contributed by atoms with E-state index in [-0.39, 0.29) is 0 Å². The molecule has 1 unspecified atom stereocenters. The number of nitrogens with zero attached hydrogens (tertiary/aromatic N) is 2. The van der Waals surface area contributed by atoms with E-state index in [9.17, 15) is 0 Å². The van der Waals surface area contributed by atoms with Crippen molar-refractivity contribution < 1.29 is 9.47 Å². The topological polar surface area (TPSA) is 24.9 Å². The molecule has 4 heteroatoms. The lowest BCUT2D eigenvalue weighted by Gasteiger charge is -2.38. The van der Waals surface area contributed by atoms with Crippen LogP contribution in [0.1, 0.15) is 51.9 Å². The molecular formula is C18H36N2O2. The summed E-state index contributed by atoms with van der Waals surface area (Å²) in [5.41, 5.74) is 0. The van der Waals surface area contributed by atoms with E-state index in [4.69, 9.17) is 9.47 Å². The van der Waals surface area contributed by atoms with Crippen LogP contribution in [0, 0.1) is 0 Å². The summed E-state index contributed by atoms with van der Waals surface area (Å²) in [4.78, 5) is 5.27. The molecule has 2 fully saturated rings. The molecule has 0 aromatic heterocycles. The maximum absolute atomic E-state index is 5.53. The maximum Gasteiger partial charge on any atom is 0.0594 e. The van der Waals surface area contributed by atoms with Gasteiger partial charge >= 0.3 is 0 Å². The van der Waals surface area contributed by atoms with E-state index in [1.807, 2.05) is 0 Å². The van der Waals surface area contributed by atoms with Gasteiger partial charge in [0, 0.05) is 38.8 Å². The number of ether oxygens (including phenoxy) is 2. The van der Waals surface area contributed by atoms with Crippen LogP contribution in [-0.2, 0) is 9.47 Å². The van der Waals surface area contributed by atoms with Crippen LogP contribution in [0.5, 0.6) is 0 Å². The second kappa shape index (κ2) is 11.4. The molecule has 0 aromatic rings. The molecule has 0 spiro atoms. The Balaban J connectivity index is 1.71. The monoisotopic (exact) mass is 312 g/mol. The highest BCUT2D eigenvalue weighted by molar-refractivity contribution is 4.78. The van der Waals surface area contributed by atoms with Gasteiger partial charge in [-0.2, -0.15) is 0 Å². The summed E-state index contributed by atoms with van der Waals surface area (Å²) in [6.45, 7) is 11.6. The van der Waals surface area contributed by atoms with Crippen LogP contribution in [0.3, 0.4) is 0 Å². The third kappa shape index (κ3) is 6.95. The predicted octanol–water partition coefficient (Wildman–Crippen LogP) is 2.77. The molecule has 0 bridgehead atoms. The Labute approximate surface area is 137 Å². The molecule has 2 heterocycles. The quantitative estimate of drug-likeness (QED) is 0.579. The number of morpholine rings is 2. The van der Waals surface area contributed by atoms with Crippen molar-refractivity contribution in [3.05, 3.63) is 0 Å². The normalized spacial score (nSPS) is 22.8. The first-order valence-electron chi connectivity index (χ1n) is 9.52. The average molecular weight is 312 g/mol. The molecular weight excluding hydrogens is 276 g/mol. The summed E-state index contributed by atoms with van der Waals surface area (Å²) < 4.78 is 11.0. The largest absolute Gasteiger partial charge is 0.379 e. The van der Waals surface area contributed by atoms with Crippen molar-refractivity contribution in [2.45, 2.75) is 57.9 Å². The number of hydrogen-bond donors (Lipinski definition) is 0. The molecule has 0 radical (unpaired) electrons. The van der Waals surface area contributed by atoms with Crippen molar-refractivity contribution in [3.63, 3.8) is 0 Å². The van der Waals surface area contributed by atoms with Gasteiger partial charge in [0.2, 0.25) is 0 Å². The summed E-state index contributed by atoms with van der Waals surface area (Å²) in [7, 11) is 0. The Morgan fingerprint density at radius 3 is 2.05 bits per heavy atom. The lowest BCUT2D eigenvalue weighted by molar-refractivity contribution is -0.0114. The fourth-order valence-electron chi connectivity index (χ4n) is 3.57. The first-order chi connectivity index (χ1) is 10.9. The molecule has 2 saturated heterocycles. The average Bonchev–Trinajstić information content (AvgIpc) is 2.58. The fourth-order valence-corrected chi connectivity index (χ4v) is 3.57. The van der Waals surface area contributed by atoms with Crippen LogP contribution in [0.4, 0.5) is 0 Å². The Hall–Kier alpha value is -0.160. The second-order valence-electron chi connectivity index (χ2n) is 6.77. The zero-order valence-electron chi connectivity index (χ0n) is 14.6. The second-order valence-corrected chi connectivity index (χ2v) is 6.77. The van der Waals surface area contributed by atoms with Crippen molar-refractivity contribution in [1.29, 1.82) is 0 Å². The van der Waals surface area contributed by atoms with Gasteiger partial charge in [0.25, 0.3) is 0 Å². The molecule has 0 saturated carbocycles. The third-order valence-electron chi connectivity index (χ3n) is 5.03. The van der Waals surface area contributed by atoms with E-state index in [0.717, 1.165) is 52.6 Å². The highest BCUT2D eigenvalue weighted by atomic mass is 16.5. The Kier molecular flexibility index (Phi) is 9.41. The molecule has 2 aliphatic rings. The van der Waals surface area contributed by atoms with E-state index in [1.165, 1.54) is 51.5 Å². The van der Waals surface area contributed by atoms with E-state index >= 15 is 0 Å². The molecule has 2 rings (SSSR count). The summed E-state index contributed by atoms with van der Waals surface area (Å²) in [5.74, 6) is 0. The molecule has 0 aliphatic carbocycles. The third-order valence-corrected chi connectivity index (χ3v) is 5.03. The molecule has 4 nitrogen and oxygen atoms in total. The van der Waals surface area contributed by atoms with Crippen molar-refractivity contribution in [2.75, 3.05) is 59.2 Å². The molecule has 0 aromatic carbocycles. The van der Waals surface area contributed by atoms with Crippen molar-refractivity contribution >= 4 is 0 Å². The van der Waals surface area contributed by atoms with E-state index < -0.39 is 0 Å². The van der Waals surface area contributed by atoms with Crippen molar-refractivity contribution in [2.24, 2.45) is 0 Å². The number of unbranched alkanes of at least 4 members (excludes halogenated alkanes) is 5. The summed E-state index contributed by atoms with van der Waals surface area (Å²) in [6, 6.07) is 0.716. The van der Waals surface area contributed by atoms with Gasteiger partial charge in [0.15, 0.2) is 0 Å². The molecule has 0 N–H and O–H groups in total. The Bertz CT molecular complexity index is 264. The van der Waals surface area contributed by atoms with Crippen LogP contribution < -0.4 is 0 Å². The summed E-state index contributed by atoms with van der Waals surface area (Å²) in [6.07, 6.45) is 9.72. The van der Waals surface area contributed by atoms with Crippen LogP contribution in [0.2, 0.25) is 0 Å². The minimum Gasteiger partial charge on any atom is -0.379 e. The van der Waals surface area contributed by atoms with Gasteiger partial charge in [-0.3, -0.25) is 9.80 Å². The SMILES string of the molecule is CCCCCCCCC(CN1CCOCC1)N1CCOCC1. The molecule has 2 aliphatic heterocycles. The van der Waals surface area contributed by atoms with Gasteiger partial charge in [-0.25, -0.2) is 0 Å². The van der Waals surface area contributed by atoms with Crippen LogP contribution in [0.25, 0.3) is 0 Å². The zero-order valence-corrected chi connectivity index (χ0v) is 14.6. The van der Waals surface area contributed by atoms with E-state index in [2.05, 4.69) is 16.7 Å². The minimum absolute atomic E-state index is 0.716. The van der Waals surface area contributed by atoms with Crippen molar-refractivity contribution in [3.8, 4) is 0 Å². The smallest absolute Gasteiger partial charge is 0.0594 e. The van der Waals surface area contributed by atoms with Crippen LogP contribution >= 0.6 is 0 Å².